The average molecular weight is 232 g/mol. The highest BCUT2D eigenvalue weighted by Crippen LogP contribution is 2.28. The van der Waals surface area contributed by atoms with Crippen LogP contribution in [0.1, 0.15) is 38.7 Å². The summed E-state index contributed by atoms with van der Waals surface area (Å²) in [6.45, 7) is 5.66. The molecule has 0 radical (unpaired) electrons. The quantitative estimate of drug-likeness (QED) is 0.852. The molecule has 0 aromatic heterocycles. The summed E-state index contributed by atoms with van der Waals surface area (Å²) in [4.78, 5) is 2.43. The summed E-state index contributed by atoms with van der Waals surface area (Å²) < 4.78 is 0. The summed E-state index contributed by atoms with van der Waals surface area (Å²) in [5.41, 5.74) is 4.17. The highest BCUT2D eigenvalue weighted by molar-refractivity contribution is 5.61. The molecule has 2 heteroatoms. The van der Waals surface area contributed by atoms with Crippen molar-refractivity contribution in [1.82, 2.24) is 0 Å². The molecule has 1 N–H and O–H groups in total. The predicted molar refractivity (Wildman–Crippen MR) is 76.0 cm³/mol. The Labute approximate surface area is 105 Å². The molecular weight excluding hydrogens is 208 g/mol. The molecule has 1 aromatic carbocycles. The number of fused-ring (bicyclic) bond motifs is 1. The number of hydrogen-bond acceptors (Lipinski definition) is 2. The molecule has 2 rings (SSSR count). The third kappa shape index (κ3) is 2.56. The molecule has 0 saturated carbocycles. The highest BCUT2D eigenvalue weighted by atomic mass is 15.1. The van der Waals surface area contributed by atoms with Gasteiger partial charge in [0, 0.05) is 31.0 Å². The Balaban J connectivity index is 2.21. The molecular formula is C15H24N2. The topological polar surface area (TPSA) is 15.3 Å². The summed E-state index contributed by atoms with van der Waals surface area (Å²) >= 11 is 0. The van der Waals surface area contributed by atoms with Gasteiger partial charge >= 0.3 is 0 Å². The molecule has 94 valence electrons. The first kappa shape index (κ1) is 12.3. The molecule has 0 spiro atoms. The minimum absolute atomic E-state index is 0.657. The number of nitrogens with one attached hydrogen (secondary N) is 1. The van der Waals surface area contributed by atoms with Gasteiger partial charge in [-0.2, -0.15) is 0 Å². The van der Waals surface area contributed by atoms with E-state index in [0.717, 1.165) is 6.54 Å². The second-order valence-corrected chi connectivity index (χ2v) is 4.95. The van der Waals surface area contributed by atoms with E-state index in [0.29, 0.717) is 6.04 Å². The molecule has 0 fully saturated rings. The SMILES string of the molecule is CCC(CC)N(C)c1ccc2c(c1)CCCN2. The van der Waals surface area contributed by atoms with Gasteiger partial charge in [0.2, 0.25) is 0 Å². The van der Waals surface area contributed by atoms with Crippen LogP contribution >= 0.6 is 0 Å². The minimum Gasteiger partial charge on any atom is -0.385 e. The van der Waals surface area contributed by atoms with Crippen molar-refractivity contribution in [2.24, 2.45) is 0 Å². The number of anilines is 2. The third-order valence-electron chi connectivity index (χ3n) is 3.92. The van der Waals surface area contributed by atoms with Crippen molar-refractivity contribution in [2.45, 2.75) is 45.6 Å². The summed E-state index contributed by atoms with van der Waals surface area (Å²) in [7, 11) is 2.22. The molecule has 2 nitrogen and oxygen atoms in total. The van der Waals surface area contributed by atoms with Gasteiger partial charge in [0.15, 0.2) is 0 Å². The molecule has 0 aliphatic carbocycles. The van der Waals surface area contributed by atoms with Crippen LogP contribution in [0.3, 0.4) is 0 Å². The first-order valence-corrected chi connectivity index (χ1v) is 6.85. The second-order valence-electron chi connectivity index (χ2n) is 4.95. The van der Waals surface area contributed by atoms with Crippen LogP contribution in [0, 0.1) is 0 Å². The van der Waals surface area contributed by atoms with Gasteiger partial charge in [-0.05, 0) is 49.4 Å². The van der Waals surface area contributed by atoms with Crippen molar-refractivity contribution < 1.29 is 0 Å². The van der Waals surface area contributed by atoms with Gasteiger partial charge in [0.25, 0.3) is 0 Å². The van der Waals surface area contributed by atoms with E-state index >= 15 is 0 Å². The molecule has 1 aliphatic heterocycles. The minimum atomic E-state index is 0.657. The summed E-state index contributed by atoms with van der Waals surface area (Å²) in [6, 6.07) is 7.50. The van der Waals surface area contributed by atoms with E-state index in [4.69, 9.17) is 0 Å². The standard InChI is InChI=1S/C15H24N2/c1-4-13(5-2)17(3)14-8-9-15-12(11-14)7-6-10-16-15/h8-9,11,13,16H,4-7,10H2,1-3H3. The van der Waals surface area contributed by atoms with E-state index in [1.54, 1.807) is 0 Å². The molecule has 0 amide bonds. The van der Waals surface area contributed by atoms with Crippen LogP contribution in [0.15, 0.2) is 18.2 Å². The number of nitrogens with zero attached hydrogens (tertiary/aromatic N) is 1. The van der Waals surface area contributed by atoms with Gasteiger partial charge in [-0.15, -0.1) is 0 Å². The maximum atomic E-state index is 3.47. The summed E-state index contributed by atoms with van der Waals surface area (Å²) in [6.07, 6.45) is 4.89. The molecule has 1 aromatic rings. The normalized spacial score (nSPS) is 14.4. The fourth-order valence-corrected chi connectivity index (χ4v) is 2.73. The van der Waals surface area contributed by atoms with E-state index in [2.05, 4.69) is 49.3 Å². The number of aryl methyl sites for hydroxylation is 1. The van der Waals surface area contributed by atoms with Gasteiger partial charge in [0.05, 0.1) is 0 Å². The van der Waals surface area contributed by atoms with Crippen LogP contribution in [0.4, 0.5) is 11.4 Å². The Morgan fingerprint density at radius 2 is 2.06 bits per heavy atom. The first-order valence-electron chi connectivity index (χ1n) is 6.85. The van der Waals surface area contributed by atoms with Crippen molar-refractivity contribution in [3.63, 3.8) is 0 Å². The molecule has 1 aliphatic rings. The van der Waals surface area contributed by atoms with Gasteiger partial charge in [-0.25, -0.2) is 0 Å². The van der Waals surface area contributed by atoms with E-state index < -0.39 is 0 Å². The lowest BCUT2D eigenvalue weighted by Crippen LogP contribution is -2.30. The smallest absolute Gasteiger partial charge is 0.0374 e. The van der Waals surface area contributed by atoms with Crippen molar-refractivity contribution in [1.29, 1.82) is 0 Å². The molecule has 0 saturated heterocycles. The molecule has 0 atom stereocenters. The Bertz CT molecular complexity index is 369. The van der Waals surface area contributed by atoms with Crippen molar-refractivity contribution in [2.75, 3.05) is 23.8 Å². The lowest BCUT2D eigenvalue weighted by molar-refractivity contribution is 0.591. The maximum Gasteiger partial charge on any atom is 0.0374 e. The zero-order chi connectivity index (χ0) is 12.3. The Kier molecular flexibility index (Phi) is 3.93. The van der Waals surface area contributed by atoms with E-state index in [9.17, 15) is 0 Å². The van der Waals surface area contributed by atoms with Crippen LogP contribution in [0.2, 0.25) is 0 Å². The zero-order valence-electron chi connectivity index (χ0n) is 11.3. The third-order valence-corrected chi connectivity index (χ3v) is 3.92. The van der Waals surface area contributed by atoms with Gasteiger partial charge < -0.3 is 10.2 Å². The molecule has 1 heterocycles. The lowest BCUT2D eigenvalue weighted by atomic mass is 10.0. The van der Waals surface area contributed by atoms with Crippen molar-refractivity contribution in [3.05, 3.63) is 23.8 Å². The van der Waals surface area contributed by atoms with Crippen LogP contribution in [0.25, 0.3) is 0 Å². The summed E-state index contributed by atoms with van der Waals surface area (Å²) in [5, 5.41) is 3.47. The van der Waals surface area contributed by atoms with E-state index in [-0.39, 0.29) is 0 Å². The van der Waals surface area contributed by atoms with Crippen LogP contribution in [-0.4, -0.2) is 19.6 Å². The van der Waals surface area contributed by atoms with Crippen LogP contribution in [-0.2, 0) is 6.42 Å². The highest BCUT2D eigenvalue weighted by Gasteiger charge is 2.14. The number of rotatable bonds is 4. The Hall–Kier alpha value is -1.18. The van der Waals surface area contributed by atoms with E-state index in [1.165, 1.54) is 42.6 Å². The maximum absolute atomic E-state index is 3.47. The zero-order valence-corrected chi connectivity index (χ0v) is 11.3. The second kappa shape index (κ2) is 5.44. The Morgan fingerprint density at radius 1 is 1.29 bits per heavy atom. The summed E-state index contributed by atoms with van der Waals surface area (Å²) in [5.74, 6) is 0. The monoisotopic (exact) mass is 232 g/mol. The van der Waals surface area contributed by atoms with Crippen molar-refractivity contribution >= 4 is 11.4 Å². The molecule has 0 bridgehead atoms. The molecule has 0 unspecified atom stereocenters. The van der Waals surface area contributed by atoms with Crippen LogP contribution in [0.5, 0.6) is 0 Å². The Morgan fingerprint density at radius 3 is 2.76 bits per heavy atom. The average Bonchev–Trinajstić information content (AvgIpc) is 2.39. The lowest BCUT2D eigenvalue weighted by Gasteiger charge is -2.30. The van der Waals surface area contributed by atoms with Crippen LogP contribution < -0.4 is 10.2 Å². The predicted octanol–water partition coefficient (Wildman–Crippen LogP) is 3.67. The van der Waals surface area contributed by atoms with Gasteiger partial charge in [-0.3, -0.25) is 0 Å². The number of hydrogen-bond donors (Lipinski definition) is 1. The first-order chi connectivity index (χ1) is 8.26. The molecule has 17 heavy (non-hydrogen) atoms. The largest absolute Gasteiger partial charge is 0.385 e. The van der Waals surface area contributed by atoms with Gasteiger partial charge in [-0.1, -0.05) is 13.8 Å². The fourth-order valence-electron chi connectivity index (χ4n) is 2.73. The van der Waals surface area contributed by atoms with Crippen molar-refractivity contribution in [3.8, 4) is 0 Å². The van der Waals surface area contributed by atoms with Gasteiger partial charge in [0.1, 0.15) is 0 Å². The number of benzene rings is 1. The van der Waals surface area contributed by atoms with E-state index in [1.807, 2.05) is 0 Å². The fraction of sp³-hybridized carbons (Fsp3) is 0.600.